The van der Waals surface area contributed by atoms with Crippen LogP contribution in [-0.2, 0) is 16.1 Å². The standard InChI is InChI=1S/C18H30N4O2/c1-4-22(5-2)16-7-6-15(12-20-16)13-21-17(23)18(14-24-3)8-10-19-11-9-18/h6-7,12,19H,4-5,8-11,13-14H2,1-3H3,(H,21,23). The minimum Gasteiger partial charge on any atom is -0.384 e. The van der Waals surface area contributed by atoms with Gasteiger partial charge in [-0.05, 0) is 51.4 Å². The first-order valence-electron chi connectivity index (χ1n) is 8.83. The average Bonchev–Trinajstić information content (AvgIpc) is 2.63. The molecule has 0 unspecified atom stereocenters. The van der Waals surface area contributed by atoms with Crippen LogP contribution in [0.2, 0.25) is 0 Å². The van der Waals surface area contributed by atoms with Crippen LogP contribution < -0.4 is 15.5 Å². The Morgan fingerprint density at radius 3 is 2.58 bits per heavy atom. The van der Waals surface area contributed by atoms with Crippen molar-refractivity contribution in [3.8, 4) is 0 Å². The maximum Gasteiger partial charge on any atom is 0.228 e. The van der Waals surface area contributed by atoms with Crippen LogP contribution in [0.25, 0.3) is 0 Å². The van der Waals surface area contributed by atoms with Crippen LogP contribution in [0.4, 0.5) is 5.82 Å². The second kappa shape index (κ2) is 8.99. The number of aromatic nitrogens is 1. The van der Waals surface area contributed by atoms with Crippen LogP contribution in [0.1, 0.15) is 32.3 Å². The first-order chi connectivity index (χ1) is 11.6. The summed E-state index contributed by atoms with van der Waals surface area (Å²) in [6.45, 7) is 8.80. The number of nitrogens with zero attached hydrogens (tertiary/aromatic N) is 2. The lowest BCUT2D eigenvalue weighted by molar-refractivity contribution is -0.136. The molecular weight excluding hydrogens is 304 g/mol. The van der Waals surface area contributed by atoms with Crippen LogP contribution >= 0.6 is 0 Å². The molecule has 1 aromatic rings. The number of rotatable bonds is 8. The van der Waals surface area contributed by atoms with E-state index in [2.05, 4.69) is 34.4 Å². The van der Waals surface area contributed by atoms with Crippen LogP contribution in [0.15, 0.2) is 18.3 Å². The Morgan fingerprint density at radius 1 is 1.33 bits per heavy atom. The number of carbonyl (C=O) groups excluding carboxylic acids is 1. The molecule has 2 N–H and O–H groups in total. The zero-order valence-electron chi connectivity index (χ0n) is 15.1. The highest BCUT2D eigenvalue weighted by Gasteiger charge is 2.39. The quantitative estimate of drug-likeness (QED) is 0.755. The van der Waals surface area contributed by atoms with E-state index in [9.17, 15) is 4.79 Å². The van der Waals surface area contributed by atoms with Gasteiger partial charge in [0.05, 0.1) is 12.0 Å². The Hall–Kier alpha value is -1.66. The van der Waals surface area contributed by atoms with Crippen molar-refractivity contribution in [2.24, 2.45) is 5.41 Å². The SMILES string of the molecule is CCN(CC)c1ccc(CNC(=O)C2(COC)CCNCC2)cn1. The van der Waals surface area contributed by atoms with Crippen molar-refractivity contribution in [2.45, 2.75) is 33.2 Å². The summed E-state index contributed by atoms with van der Waals surface area (Å²) >= 11 is 0. The Bertz CT molecular complexity index is 503. The number of amides is 1. The van der Waals surface area contributed by atoms with Gasteiger partial charge in [0.2, 0.25) is 5.91 Å². The van der Waals surface area contributed by atoms with Crippen LogP contribution in [0.5, 0.6) is 0 Å². The van der Waals surface area contributed by atoms with Gasteiger partial charge in [-0.2, -0.15) is 0 Å². The molecule has 1 aromatic heterocycles. The molecule has 134 valence electrons. The smallest absolute Gasteiger partial charge is 0.228 e. The number of carbonyl (C=O) groups is 1. The molecule has 24 heavy (non-hydrogen) atoms. The fourth-order valence-corrected chi connectivity index (χ4v) is 3.24. The summed E-state index contributed by atoms with van der Waals surface area (Å²) in [5, 5.41) is 6.37. The molecule has 1 saturated heterocycles. The van der Waals surface area contributed by atoms with Gasteiger partial charge in [0, 0.05) is 32.9 Å². The van der Waals surface area contributed by atoms with E-state index >= 15 is 0 Å². The molecule has 1 aliphatic heterocycles. The van der Waals surface area contributed by atoms with Crippen LogP contribution in [0.3, 0.4) is 0 Å². The van der Waals surface area contributed by atoms with E-state index in [0.717, 1.165) is 50.4 Å². The second-order valence-corrected chi connectivity index (χ2v) is 6.34. The number of pyridine rings is 1. The Kier molecular flexibility index (Phi) is 6.99. The molecule has 1 amide bonds. The first-order valence-corrected chi connectivity index (χ1v) is 8.83. The molecule has 6 heteroatoms. The van der Waals surface area contributed by atoms with Crippen molar-refractivity contribution in [3.05, 3.63) is 23.9 Å². The first kappa shape index (κ1) is 18.7. The molecule has 0 aromatic carbocycles. The maximum atomic E-state index is 12.7. The molecule has 0 spiro atoms. The second-order valence-electron chi connectivity index (χ2n) is 6.34. The highest BCUT2D eigenvalue weighted by Crippen LogP contribution is 2.29. The largest absolute Gasteiger partial charge is 0.384 e. The van der Waals surface area contributed by atoms with Crippen molar-refractivity contribution in [1.82, 2.24) is 15.6 Å². The molecule has 6 nitrogen and oxygen atoms in total. The minimum absolute atomic E-state index is 0.0821. The predicted molar refractivity (Wildman–Crippen MR) is 96.1 cm³/mol. The van der Waals surface area contributed by atoms with Gasteiger partial charge < -0.3 is 20.3 Å². The van der Waals surface area contributed by atoms with Crippen LogP contribution in [-0.4, -0.2) is 50.8 Å². The van der Waals surface area contributed by atoms with Crippen molar-refractivity contribution in [2.75, 3.05) is 44.8 Å². The summed E-state index contributed by atoms with van der Waals surface area (Å²) in [5.74, 6) is 1.06. The van der Waals surface area contributed by atoms with Crippen molar-refractivity contribution >= 4 is 11.7 Å². The van der Waals surface area contributed by atoms with Gasteiger partial charge in [-0.15, -0.1) is 0 Å². The maximum absolute atomic E-state index is 12.7. The van der Waals surface area contributed by atoms with E-state index in [1.807, 2.05) is 18.3 Å². The number of methoxy groups -OCH3 is 1. The average molecular weight is 334 g/mol. The van der Waals surface area contributed by atoms with Crippen molar-refractivity contribution in [1.29, 1.82) is 0 Å². The lowest BCUT2D eigenvalue weighted by atomic mass is 9.78. The van der Waals surface area contributed by atoms with Crippen molar-refractivity contribution in [3.63, 3.8) is 0 Å². The fraction of sp³-hybridized carbons (Fsp3) is 0.667. The van der Waals surface area contributed by atoms with E-state index in [0.29, 0.717) is 13.2 Å². The third-order valence-electron chi connectivity index (χ3n) is 4.81. The van der Waals surface area contributed by atoms with Gasteiger partial charge in [0.1, 0.15) is 5.82 Å². The molecule has 2 rings (SSSR count). The molecule has 0 saturated carbocycles. The third-order valence-corrected chi connectivity index (χ3v) is 4.81. The summed E-state index contributed by atoms with van der Waals surface area (Å²) < 4.78 is 5.32. The fourth-order valence-electron chi connectivity index (χ4n) is 3.24. The van der Waals surface area contributed by atoms with E-state index in [1.54, 1.807) is 7.11 Å². The lowest BCUT2D eigenvalue weighted by Gasteiger charge is -2.35. The van der Waals surface area contributed by atoms with Gasteiger partial charge in [0.15, 0.2) is 0 Å². The van der Waals surface area contributed by atoms with Crippen LogP contribution in [0, 0.1) is 5.41 Å². The van der Waals surface area contributed by atoms with Gasteiger partial charge in [-0.1, -0.05) is 6.07 Å². The monoisotopic (exact) mass is 334 g/mol. The molecule has 0 radical (unpaired) electrons. The molecule has 0 bridgehead atoms. The number of hydrogen-bond acceptors (Lipinski definition) is 5. The number of nitrogens with one attached hydrogen (secondary N) is 2. The molecule has 2 heterocycles. The third kappa shape index (κ3) is 4.45. The molecular formula is C18H30N4O2. The number of anilines is 1. The zero-order valence-corrected chi connectivity index (χ0v) is 15.1. The summed E-state index contributed by atoms with van der Waals surface area (Å²) in [6, 6.07) is 4.05. The normalized spacial score (nSPS) is 16.6. The summed E-state index contributed by atoms with van der Waals surface area (Å²) in [4.78, 5) is 19.4. The predicted octanol–water partition coefficient (Wildman–Crippen LogP) is 1.56. The Labute approximate surface area is 145 Å². The van der Waals surface area contributed by atoms with Gasteiger partial charge >= 0.3 is 0 Å². The topological polar surface area (TPSA) is 66.5 Å². The Balaban J connectivity index is 1.95. The molecule has 1 aliphatic rings. The van der Waals surface area contributed by atoms with E-state index in [1.165, 1.54) is 0 Å². The van der Waals surface area contributed by atoms with E-state index < -0.39 is 5.41 Å². The van der Waals surface area contributed by atoms with Crippen molar-refractivity contribution < 1.29 is 9.53 Å². The number of hydrogen-bond donors (Lipinski definition) is 2. The summed E-state index contributed by atoms with van der Waals surface area (Å²) in [6.07, 6.45) is 3.47. The molecule has 0 aliphatic carbocycles. The molecule has 0 atom stereocenters. The number of piperidine rings is 1. The summed E-state index contributed by atoms with van der Waals surface area (Å²) in [7, 11) is 1.66. The van der Waals surface area contributed by atoms with E-state index in [-0.39, 0.29) is 5.91 Å². The highest BCUT2D eigenvalue weighted by molar-refractivity contribution is 5.83. The lowest BCUT2D eigenvalue weighted by Crippen LogP contribution is -2.49. The highest BCUT2D eigenvalue weighted by atomic mass is 16.5. The number of ether oxygens (including phenoxy) is 1. The minimum atomic E-state index is -0.408. The van der Waals surface area contributed by atoms with Gasteiger partial charge in [0.25, 0.3) is 0 Å². The van der Waals surface area contributed by atoms with Gasteiger partial charge in [-0.3, -0.25) is 4.79 Å². The van der Waals surface area contributed by atoms with Gasteiger partial charge in [-0.25, -0.2) is 4.98 Å². The Morgan fingerprint density at radius 2 is 2.04 bits per heavy atom. The zero-order chi connectivity index (χ0) is 17.4. The summed E-state index contributed by atoms with van der Waals surface area (Å²) in [5.41, 5.74) is 0.606. The van der Waals surface area contributed by atoms with E-state index in [4.69, 9.17) is 4.74 Å². The molecule has 1 fully saturated rings.